The smallest absolute Gasteiger partial charge is 0.158 e. The van der Waals surface area contributed by atoms with Gasteiger partial charge in [-0.3, -0.25) is 9.88 Å². The molecule has 19 heavy (non-hydrogen) atoms. The zero-order valence-corrected chi connectivity index (χ0v) is 11.3. The third-order valence-corrected chi connectivity index (χ3v) is 3.92. The number of piperazine rings is 1. The Balaban J connectivity index is 1.45. The molecule has 104 valence electrons. The third-order valence-electron chi connectivity index (χ3n) is 3.92. The summed E-state index contributed by atoms with van der Waals surface area (Å²) in [6.45, 7) is 6.83. The molecule has 1 saturated heterocycles. The summed E-state index contributed by atoms with van der Waals surface area (Å²) in [4.78, 5) is 13.6. The molecule has 6 nitrogen and oxygen atoms in total. The summed E-state index contributed by atoms with van der Waals surface area (Å²) in [5.74, 6) is 6.88. The zero-order chi connectivity index (χ0) is 13.1. The van der Waals surface area contributed by atoms with Gasteiger partial charge in [-0.25, -0.2) is 10.8 Å². The quantitative estimate of drug-likeness (QED) is 0.587. The fourth-order valence-electron chi connectivity index (χ4n) is 2.54. The van der Waals surface area contributed by atoms with Crippen LogP contribution in [0.2, 0.25) is 0 Å². The minimum atomic E-state index is 0.609. The molecule has 3 rings (SSSR count). The molecule has 1 aliphatic carbocycles. The van der Waals surface area contributed by atoms with Crippen LogP contribution in [0.3, 0.4) is 0 Å². The molecule has 2 aliphatic rings. The van der Waals surface area contributed by atoms with Crippen molar-refractivity contribution in [1.29, 1.82) is 0 Å². The number of nitrogen functional groups attached to an aromatic ring is 1. The first-order chi connectivity index (χ1) is 9.33. The Morgan fingerprint density at radius 3 is 2.42 bits per heavy atom. The standard InChI is InChI=1S/C13H22N6/c14-17-13-8-15-12(7-16-13)10-19-5-3-18(4-6-19)9-11-1-2-11/h7-8,11H,1-6,9-10,14H2,(H,16,17). The topological polar surface area (TPSA) is 70.3 Å². The fraction of sp³-hybridized carbons (Fsp3) is 0.692. The Bertz CT molecular complexity index is 394. The molecule has 0 bridgehead atoms. The number of nitrogens with one attached hydrogen (secondary N) is 1. The lowest BCUT2D eigenvalue weighted by atomic mass is 10.2. The van der Waals surface area contributed by atoms with Crippen molar-refractivity contribution in [1.82, 2.24) is 19.8 Å². The van der Waals surface area contributed by atoms with E-state index in [1.807, 2.05) is 0 Å². The van der Waals surface area contributed by atoms with E-state index in [9.17, 15) is 0 Å². The lowest BCUT2D eigenvalue weighted by molar-refractivity contribution is 0.122. The molecule has 1 saturated carbocycles. The number of hydrogen-bond donors (Lipinski definition) is 2. The molecule has 0 spiro atoms. The zero-order valence-electron chi connectivity index (χ0n) is 11.3. The van der Waals surface area contributed by atoms with Gasteiger partial charge in [0, 0.05) is 39.3 Å². The SMILES string of the molecule is NNc1cnc(CN2CCN(CC3CC3)CC2)cn1. The van der Waals surface area contributed by atoms with Crippen molar-refractivity contribution in [2.75, 3.05) is 38.1 Å². The van der Waals surface area contributed by atoms with Gasteiger partial charge in [-0.2, -0.15) is 0 Å². The van der Waals surface area contributed by atoms with Crippen molar-refractivity contribution in [3.63, 3.8) is 0 Å². The van der Waals surface area contributed by atoms with E-state index >= 15 is 0 Å². The second-order valence-corrected chi connectivity index (χ2v) is 5.56. The van der Waals surface area contributed by atoms with Crippen LogP contribution in [0.1, 0.15) is 18.5 Å². The summed E-state index contributed by atoms with van der Waals surface area (Å²) in [7, 11) is 0. The molecule has 6 heteroatoms. The summed E-state index contributed by atoms with van der Waals surface area (Å²) in [6, 6.07) is 0. The highest BCUT2D eigenvalue weighted by molar-refractivity contribution is 5.28. The van der Waals surface area contributed by atoms with Crippen molar-refractivity contribution >= 4 is 5.82 Å². The van der Waals surface area contributed by atoms with Crippen LogP contribution in [0.25, 0.3) is 0 Å². The predicted molar refractivity (Wildman–Crippen MR) is 74.3 cm³/mol. The average Bonchev–Trinajstić information content (AvgIpc) is 3.26. The van der Waals surface area contributed by atoms with Crippen molar-refractivity contribution in [3.8, 4) is 0 Å². The van der Waals surface area contributed by atoms with Crippen LogP contribution < -0.4 is 11.3 Å². The lowest BCUT2D eigenvalue weighted by Gasteiger charge is -2.34. The maximum absolute atomic E-state index is 5.28. The van der Waals surface area contributed by atoms with Crippen LogP contribution in [0.5, 0.6) is 0 Å². The first-order valence-corrected chi connectivity index (χ1v) is 7.06. The lowest BCUT2D eigenvalue weighted by Crippen LogP contribution is -2.46. The highest BCUT2D eigenvalue weighted by Gasteiger charge is 2.26. The van der Waals surface area contributed by atoms with Gasteiger partial charge < -0.3 is 10.3 Å². The normalized spacial score (nSPS) is 21.5. The Labute approximate surface area is 114 Å². The number of rotatable bonds is 5. The van der Waals surface area contributed by atoms with E-state index in [1.165, 1.54) is 32.5 Å². The molecule has 0 amide bonds. The van der Waals surface area contributed by atoms with Crippen LogP contribution in [0.4, 0.5) is 5.82 Å². The van der Waals surface area contributed by atoms with Crippen molar-refractivity contribution in [3.05, 3.63) is 18.1 Å². The molecule has 3 N–H and O–H groups in total. The highest BCUT2D eigenvalue weighted by Crippen LogP contribution is 2.29. The van der Waals surface area contributed by atoms with Gasteiger partial charge in [-0.15, -0.1) is 0 Å². The average molecular weight is 262 g/mol. The summed E-state index contributed by atoms with van der Waals surface area (Å²) >= 11 is 0. The van der Waals surface area contributed by atoms with Gasteiger partial charge in [0.15, 0.2) is 5.82 Å². The van der Waals surface area contributed by atoms with E-state index < -0.39 is 0 Å². The fourth-order valence-corrected chi connectivity index (χ4v) is 2.54. The molecule has 2 heterocycles. The summed E-state index contributed by atoms with van der Waals surface area (Å²) < 4.78 is 0. The number of anilines is 1. The molecular weight excluding hydrogens is 240 g/mol. The Hall–Kier alpha value is -1.24. The minimum Gasteiger partial charge on any atom is -0.307 e. The van der Waals surface area contributed by atoms with Gasteiger partial charge in [0.2, 0.25) is 0 Å². The first-order valence-electron chi connectivity index (χ1n) is 7.06. The van der Waals surface area contributed by atoms with Gasteiger partial charge in [-0.1, -0.05) is 0 Å². The molecule has 1 aliphatic heterocycles. The van der Waals surface area contributed by atoms with Gasteiger partial charge in [-0.05, 0) is 18.8 Å². The minimum absolute atomic E-state index is 0.609. The summed E-state index contributed by atoms with van der Waals surface area (Å²) in [5.41, 5.74) is 3.50. The molecular formula is C13H22N6. The van der Waals surface area contributed by atoms with E-state index in [-0.39, 0.29) is 0 Å². The van der Waals surface area contributed by atoms with Crippen LogP contribution in [0.15, 0.2) is 12.4 Å². The number of nitrogens with zero attached hydrogens (tertiary/aromatic N) is 4. The van der Waals surface area contributed by atoms with Gasteiger partial charge in [0.25, 0.3) is 0 Å². The van der Waals surface area contributed by atoms with E-state index in [0.29, 0.717) is 5.82 Å². The molecule has 0 unspecified atom stereocenters. The largest absolute Gasteiger partial charge is 0.307 e. The van der Waals surface area contributed by atoms with E-state index in [4.69, 9.17) is 5.84 Å². The van der Waals surface area contributed by atoms with E-state index in [1.54, 1.807) is 12.4 Å². The number of nitrogens with two attached hydrogens (primary N) is 1. The van der Waals surface area contributed by atoms with Crippen molar-refractivity contribution < 1.29 is 0 Å². The third kappa shape index (κ3) is 3.62. The van der Waals surface area contributed by atoms with E-state index in [2.05, 4.69) is 25.2 Å². The Kier molecular flexibility index (Phi) is 3.91. The highest BCUT2D eigenvalue weighted by atomic mass is 15.3. The molecule has 0 radical (unpaired) electrons. The van der Waals surface area contributed by atoms with Crippen LogP contribution in [-0.4, -0.2) is 52.5 Å². The maximum atomic E-state index is 5.28. The van der Waals surface area contributed by atoms with Crippen LogP contribution >= 0.6 is 0 Å². The summed E-state index contributed by atoms with van der Waals surface area (Å²) in [5, 5.41) is 0. The predicted octanol–water partition coefficient (Wildman–Crippen LogP) is 0.290. The number of aromatic nitrogens is 2. The molecule has 0 aromatic carbocycles. The van der Waals surface area contributed by atoms with Gasteiger partial charge in [0.1, 0.15) is 0 Å². The first kappa shape index (κ1) is 12.8. The molecule has 2 fully saturated rings. The Morgan fingerprint density at radius 1 is 1.11 bits per heavy atom. The molecule has 0 atom stereocenters. The number of hydrazine groups is 1. The number of hydrogen-bond acceptors (Lipinski definition) is 6. The van der Waals surface area contributed by atoms with Crippen LogP contribution in [0, 0.1) is 5.92 Å². The maximum Gasteiger partial charge on any atom is 0.158 e. The second-order valence-electron chi connectivity index (χ2n) is 5.56. The van der Waals surface area contributed by atoms with Crippen LogP contribution in [-0.2, 0) is 6.54 Å². The van der Waals surface area contributed by atoms with Gasteiger partial charge in [0.05, 0.1) is 18.1 Å². The Morgan fingerprint density at radius 2 is 1.84 bits per heavy atom. The molecule has 1 aromatic heterocycles. The van der Waals surface area contributed by atoms with E-state index in [0.717, 1.165) is 31.2 Å². The monoisotopic (exact) mass is 262 g/mol. The summed E-state index contributed by atoms with van der Waals surface area (Å²) in [6.07, 6.45) is 6.36. The second kappa shape index (κ2) is 5.81. The van der Waals surface area contributed by atoms with Gasteiger partial charge >= 0.3 is 0 Å². The molecule has 1 aromatic rings. The van der Waals surface area contributed by atoms with Crippen molar-refractivity contribution in [2.45, 2.75) is 19.4 Å². The van der Waals surface area contributed by atoms with Crippen molar-refractivity contribution in [2.24, 2.45) is 11.8 Å².